The second-order valence-electron chi connectivity index (χ2n) is 6.21. The first-order valence-corrected chi connectivity index (χ1v) is 7.02. The Morgan fingerprint density at radius 1 is 1.19 bits per heavy atom. The molecule has 0 spiro atoms. The first-order chi connectivity index (χ1) is 9.81. The van der Waals surface area contributed by atoms with Crippen LogP contribution in [0, 0.1) is 5.82 Å². The van der Waals surface area contributed by atoms with Crippen LogP contribution in [0.3, 0.4) is 0 Å². The van der Waals surface area contributed by atoms with Crippen LogP contribution in [0.25, 0.3) is 0 Å². The predicted molar refractivity (Wildman–Crippen MR) is 85.3 cm³/mol. The molecule has 0 radical (unpaired) electrons. The van der Waals surface area contributed by atoms with Gasteiger partial charge in [-0.2, -0.15) is 0 Å². The Morgan fingerprint density at radius 2 is 1.90 bits per heavy atom. The molecule has 2 N–H and O–H groups in total. The normalized spacial score (nSPS) is 11.5. The summed E-state index contributed by atoms with van der Waals surface area (Å²) < 4.78 is 13.4. The van der Waals surface area contributed by atoms with Crippen LogP contribution in [0.5, 0.6) is 0 Å². The Kier molecular flexibility index (Phi) is 4.28. The number of nitrogens with two attached hydrogens (primary N) is 1. The zero-order chi connectivity index (χ0) is 15.6. The molecule has 1 heterocycles. The van der Waals surface area contributed by atoms with Crippen LogP contribution in [0.2, 0.25) is 0 Å². The number of halogens is 1. The highest BCUT2D eigenvalue weighted by Crippen LogP contribution is 2.28. The largest absolute Gasteiger partial charge is 0.329 e. The topological polar surface area (TPSA) is 42.1 Å². The van der Waals surface area contributed by atoms with Gasteiger partial charge in [0.25, 0.3) is 0 Å². The van der Waals surface area contributed by atoms with Crippen LogP contribution >= 0.6 is 0 Å². The molecule has 2 rings (SSSR count). The van der Waals surface area contributed by atoms with Gasteiger partial charge in [0, 0.05) is 30.4 Å². The van der Waals surface area contributed by atoms with Crippen molar-refractivity contribution in [3.05, 3.63) is 53.5 Å². The summed E-state index contributed by atoms with van der Waals surface area (Å²) in [4.78, 5) is 6.58. The van der Waals surface area contributed by atoms with Crippen LogP contribution in [-0.4, -0.2) is 12.0 Å². The average molecular weight is 287 g/mol. The summed E-state index contributed by atoms with van der Waals surface area (Å²) in [6, 6.07) is 10.5. The van der Waals surface area contributed by atoms with Crippen LogP contribution < -0.4 is 10.6 Å². The SMILES string of the molecule is CN(c1cccc(F)c1)c1cc(CN)cc(C(C)(C)C)n1. The van der Waals surface area contributed by atoms with Crippen molar-refractivity contribution in [1.29, 1.82) is 0 Å². The van der Waals surface area contributed by atoms with Gasteiger partial charge in [-0.3, -0.25) is 0 Å². The Bertz CT molecular complexity index is 632. The summed E-state index contributed by atoms with van der Waals surface area (Å²) in [6.45, 7) is 6.79. The molecule has 0 aliphatic carbocycles. The van der Waals surface area contributed by atoms with Gasteiger partial charge in [0.1, 0.15) is 11.6 Å². The smallest absolute Gasteiger partial charge is 0.133 e. The summed E-state index contributed by atoms with van der Waals surface area (Å²) >= 11 is 0. The molecule has 1 aromatic heterocycles. The Balaban J connectivity index is 2.47. The van der Waals surface area contributed by atoms with Gasteiger partial charge in [0.05, 0.1) is 0 Å². The van der Waals surface area contributed by atoms with E-state index >= 15 is 0 Å². The third kappa shape index (κ3) is 3.58. The molecular weight excluding hydrogens is 265 g/mol. The number of rotatable bonds is 3. The summed E-state index contributed by atoms with van der Waals surface area (Å²) in [5.41, 5.74) is 8.48. The molecular formula is C17H22FN3. The molecule has 3 nitrogen and oxygen atoms in total. The number of benzene rings is 1. The van der Waals surface area contributed by atoms with Crippen LogP contribution in [-0.2, 0) is 12.0 Å². The van der Waals surface area contributed by atoms with Gasteiger partial charge >= 0.3 is 0 Å². The molecule has 4 heteroatoms. The van der Waals surface area contributed by atoms with E-state index in [9.17, 15) is 4.39 Å². The fraction of sp³-hybridized carbons (Fsp3) is 0.353. The molecule has 0 unspecified atom stereocenters. The van der Waals surface area contributed by atoms with Gasteiger partial charge in [-0.05, 0) is 35.9 Å². The van der Waals surface area contributed by atoms with Crippen molar-refractivity contribution in [2.75, 3.05) is 11.9 Å². The number of anilines is 2. The van der Waals surface area contributed by atoms with E-state index in [1.807, 2.05) is 30.1 Å². The van der Waals surface area contributed by atoms with Crippen molar-refractivity contribution in [1.82, 2.24) is 4.98 Å². The predicted octanol–water partition coefficient (Wildman–Crippen LogP) is 3.74. The number of hydrogen-bond donors (Lipinski definition) is 1. The molecule has 0 saturated carbocycles. The van der Waals surface area contributed by atoms with Gasteiger partial charge in [0.2, 0.25) is 0 Å². The van der Waals surface area contributed by atoms with Crippen molar-refractivity contribution in [3.63, 3.8) is 0 Å². The third-order valence-corrected chi connectivity index (χ3v) is 3.41. The molecule has 21 heavy (non-hydrogen) atoms. The van der Waals surface area contributed by atoms with E-state index in [1.165, 1.54) is 12.1 Å². The molecule has 0 bridgehead atoms. The number of pyridine rings is 1. The lowest BCUT2D eigenvalue weighted by Gasteiger charge is -2.24. The first-order valence-electron chi connectivity index (χ1n) is 7.02. The maximum atomic E-state index is 13.4. The van der Waals surface area contributed by atoms with E-state index in [0.29, 0.717) is 6.54 Å². The second kappa shape index (κ2) is 5.82. The molecule has 0 saturated heterocycles. The van der Waals surface area contributed by atoms with Crippen molar-refractivity contribution in [2.45, 2.75) is 32.7 Å². The van der Waals surface area contributed by atoms with Crippen LogP contribution in [0.4, 0.5) is 15.9 Å². The van der Waals surface area contributed by atoms with Gasteiger partial charge < -0.3 is 10.6 Å². The van der Waals surface area contributed by atoms with E-state index in [2.05, 4.69) is 20.8 Å². The lowest BCUT2D eigenvalue weighted by Crippen LogP contribution is -2.19. The summed E-state index contributed by atoms with van der Waals surface area (Å²) in [5.74, 6) is 0.513. The number of nitrogens with zero attached hydrogens (tertiary/aromatic N) is 2. The molecule has 0 aliphatic rings. The van der Waals surface area contributed by atoms with Gasteiger partial charge in [-0.15, -0.1) is 0 Å². The quantitative estimate of drug-likeness (QED) is 0.935. The number of hydrogen-bond acceptors (Lipinski definition) is 3. The molecule has 0 aliphatic heterocycles. The van der Waals surface area contributed by atoms with Crippen LogP contribution in [0.1, 0.15) is 32.0 Å². The summed E-state index contributed by atoms with van der Waals surface area (Å²) in [7, 11) is 1.88. The molecule has 112 valence electrons. The molecule has 0 atom stereocenters. The maximum Gasteiger partial charge on any atom is 0.133 e. The lowest BCUT2D eigenvalue weighted by molar-refractivity contribution is 0.568. The first kappa shape index (κ1) is 15.4. The summed E-state index contributed by atoms with van der Waals surface area (Å²) in [6.07, 6.45) is 0. The Morgan fingerprint density at radius 3 is 2.48 bits per heavy atom. The molecule has 1 aromatic carbocycles. The minimum Gasteiger partial charge on any atom is -0.329 e. The van der Waals surface area contributed by atoms with Crippen LogP contribution in [0.15, 0.2) is 36.4 Å². The van der Waals surface area contributed by atoms with Gasteiger partial charge in [-0.25, -0.2) is 9.37 Å². The average Bonchev–Trinajstić information content (AvgIpc) is 2.45. The molecule has 2 aromatic rings. The van der Waals surface area contributed by atoms with Crippen molar-refractivity contribution < 1.29 is 4.39 Å². The van der Waals surface area contributed by atoms with Gasteiger partial charge in [0.15, 0.2) is 0 Å². The Hall–Kier alpha value is -1.94. The van der Waals surface area contributed by atoms with E-state index in [-0.39, 0.29) is 11.2 Å². The molecule has 0 fully saturated rings. The Labute approximate surface area is 125 Å². The fourth-order valence-electron chi connectivity index (χ4n) is 2.06. The highest BCUT2D eigenvalue weighted by atomic mass is 19.1. The fourth-order valence-corrected chi connectivity index (χ4v) is 2.06. The zero-order valence-electron chi connectivity index (χ0n) is 13.0. The standard InChI is InChI=1S/C17H22FN3/c1-17(2,3)15-8-12(11-19)9-16(20-15)21(4)14-7-5-6-13(18)10-14/h5-10H,11,19H2,1-4H3. The monoisotopic (exact) mass is 287 g/mol. The highest BCUT2D eigenvalue weighted by Gasteiger charge is 2.18. The zero-order valence-corrected chi connectivity index (χ0v) is 13.0. The number of aromatic nitrogens is 1. The minimum atomic E-state index is -0.259. The van der Waals surface area contributed by atoms with E-state index in [1.54, 1.807) is 6.07 Å². The van der Waals surface area contributed by atoms with Crippen molar-refractivity contribution >= 4 is 11.5 Å². The van der Waals surface area contributed by atoms with Crippen molar-refractivity contribution in [2.24, 2.45) is 5.73 Å². The lowest BCUT2D eigenvalue weighted by atomic mass is 9.90. The maximum absolute atomic E-state index is 13.4. The summed E-state index contributed by atoms with van der Waals surface area (Å²) in [5, 5.41) is 0. The van der Waals surface area contributed by atoms with Crippen molar-refractivity contribution in [3.8, 4) is 0 Å². The van der Waals surface area contributed by atoms with E-state index in [0.717, 1.165) is 22.8 Å². The van der Waals surface area contributed by atoms with E-state index < -0.39 is 0 Å². The molecule has 0 amide bonds. The minimum absolute atomic E-state index is 0.0668. The second-order valence-corrected chi connectivity index (χ2v) is 6.21. The third-order valence-electron chi connectivity index (χ3n) is 3.41. The van der Waals surface area contributed by atoms with Gasteiger partial charge in [-0.1, -0.05) is 26.8 Å². The van der Waals surface area contributed by atoms with E-state index in [4.69, 9.17) is 10.7 Å². The highest BCUT2D eigenvalue weighted by molar-refractivity contribution is 5.60.